The van der Waals surface area contributed by atoms with Crippen molar-refractivity contribution in [2.45, 2.75) is 25.1 Å². The summed E-state index contributed by atoms with van der Waals surface area (Å²) in [6.45, 7) is 0.335. The third-order valence-electron chi connectivity index (χ3n) is 2.50. The van der Waals surface area contributed by atoms with Gasteiger partial charge in [-0.1, -0.05) is 11.6 Å². The van der Waals surface area contributed by atoms with Gasteiger partial charge in [0.1, 0.15) is 5.82 Å². The van der Waals surface area contributed by atoms with Gasteiger partial charge < -0.3 is 11.5 Å². The Hall–Kier alpha value is -0.560. The Bertz CT molecular complexity index is 424. The number of nitrogens with two attached hydrogens (primary N) is 2. The molecule has 0 radical (unpaired) electrons. The molecule has 1 aromatic carbocycles. The molecule has 0 aliphatic rings. The Kier molecular flexibility index (Phi) is 7.07. The van der Waals surface area contributed by atoms with Crippen LogP contribution < -0.4 is 11.5 Å². The highest BCUT2D eigenvalue weighted by atomic mass is 35.5. The first kappa shape index (κ1) is 18.4. The molecule has 0 heterocycles. The number of hydrogen-bond donors (Lipinski definition) is 2. The summed E-state index contributed by atoms with van der Waals surface area (Å²) in [6, 6.07) is 0.395. The van der Waals surface area contributed by atoms with Crippen LogP contribution in [0.5, 0.6) is 0 Å². The second-order valence-corrected chi connectivity index (χ2v) is 4.30. The second kappa shape index (κ2) is 7.28. The van der Waals surface area contributed by atoms with Gasteiger partial charge in [-0.25, -0.2) is 4.39 Å². The maximum absolute atomic E-state index is 13.6. The van der Waals surface area contributed by atoms with Crippen molar-refractivity contribution >= 4 is 24.0 Å². The fourth-order valence-electron chi connectivity index (χ4n) is 1.54. The summed E-state index contributed by atoms with van der Waals surface area (Å²) in [6.07, 6.45) is -3.79. The molecule has 0 saturated heterocycles. The van der Waals surface area contributed by atoms with Crippen LogP contribution in [0.15, 0.2) is 12.1 Å². The molecule has 2 nitrogen and oxygen atoms in total. The van der Waals surface area contributed by atoms with Crippen LogP contribution in [-0.4, -0.2) is 6.54 Å². The van der Waals surface area contributed by atoms with Crippen molar-refractivity contribution in [3.05, 3.63) is 34.1 Å². The van der Waals surface area contributed by atoms with Crippen LogP contribution in [0.2, 0.25) is 5.02 Å². The summed E-state index contributed by atoms with van der Waals surface area (Å²) in [4.78, 5) is 0. The van der Waals surface area contributed by atoms with E-state index in [1.165, 1.54) is 0 Å². The number of halogens is 6. The molecular weight excluding hydrogens is 307 g/mol. The van der Waals surface area contributed by atoms with E-state index in [0.717, 1.165) is 0 Å². The number of rotatable bonds is 4. The van der Waals surface area contributed by atoms with Gasteiger partial charge in [-0.15, -0.1) is 12.4 Å². The van der Waals surface area contributed by atoms with E-state index in [0.29, 0.717) is 31.5 Å². The van der Waals surface area contributed by atoms with E-state index in [-0.39, 0.29) is 18.0 Å². The van der Waals surface area contributed by atoms with Crippen LogP contribution in [-0.2, 0) is 6.18 Å². The zero-order valence-electron chi connectivity index (χ0n) is 9.81. The largest absolute Gasteiger partial charge is 0.416 e. The third kappa shape index (κ3) is 4.80. The van der Waals surface area contributed by atoms with E-state index in [4.69, 9.17) is 23.1 Å². The molecule has 0 aliphatic carbocycles. The summed E-state index contributed by atoms with van der Waals surface area (Å²) in [7, 11) is 0. The summed E-state index contributed by atoms with van der Waals surface area (Å²) in [5, 5.41) is -0.581. The number of alkyl halides is 3. The molecular formula is C11H14Cl2F4N2. The van der Waals surface area contributed by atoms with Crippen molar-refractivity contribution in [3.63, 3.8) is 0 Å². The molecule has 110 valence electrons. The maximum Gasteiger partial charge on any atom is 0.416 e. The van der Waals surface area contributed by atoms with E-state index in [2.05, 4.69) is 0 Å². The van der Waals surface area contributed by atoms with Gasteiger partial charge in [-0.2, -0.15) is 13.2 Å². The Morgan fingerprint density at radius 3 is 2.32 bits per heavy atom. The molecule has 0 bridgehead atoms. The summed E-state index contributed by atoms with van der Waals surface area (Å²) >= 11 is 5.45. The molecule has 8 heteroatoms. The lowest BCUT2D eigenvalue weighted by Crippen LogP contribution is -2.16. The van der Waals surface area contributed by atoms with Gasteiger partial charge in [0.25, 0.3) is 0 Å². The minimum atomic E-state index is -4.58. The minimum Gasteiger partial charge on any atom is -0.330 e. The molecule has 1 atom stereocenters. The summed E-state index contributed by atoms with van der Waals surface area (Å²) in [5.74, 6) is -0.908. The highest BCUT2D eigenvalue weighted by molar-refractivity contribution is 6.30. The van der Waals surface area contributed by atoms with E-state index in [9.17, 15) is 17.6 Å². The number of benzene rings is 1. The molecule has 19 heavy (non-hydrogen) atoms. The Labute approximate surface area is 119 Å². The molecule has 4 N–H and O–H groups in total. The van der Waals surface area contributed by atoms with Gasteiger partial charge in [-0.05, 0) is 31.5 Å². The highest BCUT2D eigenvalue weighted by Crippen LogP contribution is 2.35. The zero-order chi connectivity index (χ0) is 13.9. The molecule has 0 amide bonds. The quantitative estimate of drug-likeness (QED) is 0.832. The predicted octanol–water partition coefficient (Wildman–Crippen LogP) is 3.66. The monoisotopic (exact) mass is 320 g/mol. The molecule has 1 rings (SSSR count). The third-order valence-corrected chi connectivity index (χ3v) is 2.78. The van der Waals surface area contributed by atoms with Crippen molar-refractivity contribution < 1.29 is 17.6 Å². The van der Waals surface area contributed by atoms with Crippen molar-refractivity contribution in [2.75, 3.05) is 6.54 Å². The van der Waals surface area contributed by atoms with Gasteiger partial charge in [0.05, 0.1) is 10.6 Å². The average Bonchev–Trinajstić information content (AvgIpc) is 2.27. The first-order valence-corrected chi connectivity index (χ1v) is 5.67. The molecule has 0 unspecified atom stereocenters. The van der Waals surface area contributed by atoms with Crippen LogP contribution in [0.25, 0.3) is 0 Å². The SMILES string of the molecule is Cl.NCCC[C@@H](N)c1cc(C(F)(F)F)cc(Cl)c1F. The standard InChI is InChI=1S/C11H13ClF4N2.ClH/c12-8-5-6(11(14,15)16)4-7(10(8)13)9(18)2-1-3-17;/h4-5,9H,1-3,17-18H2;1H/t9-;/m1./s1. The molecule has 0 spiro atoms. The fourth-order valence-corrected chi connectivity index (χ4v) is 1.76. The molecule has 0 saturated carbocycles. The lowest BCUT2D eigenvalue weighted by Gasteiger charge is -2.16. The van der Waals surface area contributed by atoms with Crippen LogP contribution in [0, 0.1) is 5.82 Å². The van der Waals surface area contributed by atoms with Crippen LogP contribution in [0.3, 0.4) is 0 Å². The van der Waals surface area contributed by atoms with Crippen LogP contribution >= 0.6 is 24.0 Å². The molecule has 0 fully saturated rings. The first-order chi connectivity index (χ1) is 8.27. The van der Waals surface area contributed by atoms with Crippen molar-refractivity contribution in [3.8, 4) is 0 Å². The first-order valence-electron chi connectivity index (χ1n) is 5.29. The minimum absolute atomic E-state index is 0. The summed E-state index contributed by atoms with van der Waals surface area (Å²) in [5.41, 5.74) is 9.67. The van der Waals surface area contributed by atoms with Gasteiger partial charge in [0.15, 0.2) is 0 Å². The normalized spacial score (nSPS) is 13.0. The van der Waals surface area contributed by atoms with E-state index in [1.807, 2.05) is 0 Å². The van der Waals surface area contributed by atoms with E-state index >= 15 is 0 Å². The van der Waals surface area contributed by atoms with Crippen LogP contribution in [0.1, 0.15) is 30.0 Å². The van der Waals surface area contributed by atoms with Crippen molar-refractivity contribution in [1.82, 2.24) is 0 Å². The van der Waals surface area contributed by atoms with Gasteiger partial charge in [0.2, 0.25) is 0 Å². The van der Waals surface area contributed by atoms with E-state index < -0.39 is 28.6 Å². The summed E-state index contributed by atoms with van der Waals surface area (Å²) < 4.78 is 51.3. The van der Waals surface area contributed by atoms with E-state index in [1.54, 1.807) is 0 Å². The van der Waals surface area contributed by atoms with Gasteiger partial charge >= 0.3 is 6.18 Å². The average molecular weight is 321 g/mol. The fraction of sp³-hybridized carbons (Fsp3) is 0.455. The van der Waals surface area contributed by atoms with Crippen molar-refractivity contribution in [1.29, 1.82) is 0 Å². The van der Waals surface area contributed by atoms with Crippen molar-refractivity contribution in [2.24, 2.45) is 11.5 Å². The maximum atomic E-state index is 13.6. The number of hydrogen-bond acceptors (Lipinski definition) is 2. The van der Waals surface area contributed by atoms with Gasteiger partial charge in [-0.3, -0.25) is 0 Å². The lowest BCUT2D eigenvalue weighted by atomic mass is 9.99. The Morgan fingerprint density at radius 1 is 1.26 bits per heavy atom. The van der Waals surface area contributed by atoms with Crippen LogP contribution in [0.4, 0.5) is 17.6 Å². The molecule has 0 aliphatic heterocycles. The lowest BCUT2D eigenvalue weighted by molar-refractivity contribution is -0.137. The highest BCUT2D eigenvalue weighted by Gasteiger charge is 2.32. The molecule has 1 aromatic rings. The Balaban J connectivity index is 0.00000324. The smallest absolute Gasteiger partial charge is 0.330 e. The predicted molar refractivity (Wildman–Crippen MR) is 68.9 cm³/mol. The molecule has 0 aromatic heterocycles. The topological polar surface area (TPSA) is 52.0 Å². The second-order valence-electron chi connectivity index (χ2n) is 3.90. The Morgan fingerprint density at radius 2 is 1.84 bits per heavy atom. The zero-order valence-corrected chi connectivity index (χ0v) is 11.4. The van der Waals surface area contributed by atoms with Gasteiger partial charge in [0, 0.05) is 11.6 Å².